The Morgan fingerprint density at radius 1 is 1.44 bits per heavy atom. The molecule has 8 heteroatoms. The number of nitro benzene ring substituents is 1. The van der Waals surface area contributed by atoms with Crippen molar-refractivity contribution in [2.75, 3.05) is 6.61 Å². The van der Waals surface area contributed by atoms with Gasteiger partial charge in [-0.25, -0.2) is 5.43 Å². The first-order valence-corrected chi connectivity index (χ1v) is 7.75. The number of aromatic nitrogens is 1. The second-order valence-corrected chi connectivity index (χ2v) is 5.72. The van der Waals surface area contributed by atoms with Gasteiger partial charge in [0.15, 0.2) is 12.4 Å². The molecular formula is C17H20N4O4. The van der Waals surface area contributed by atoms with Crippen molar-refractivity contribution in [3.05, 3.63) is 57.9 Å². The summed E-state index contributed by atoms with van der Waals surface area (Å²) in [7, 11) is 0. The monoisotopic (exact) mass is 344 g/mol. The number of nitro groups is 1. The number of ether oxygens (including phenoxy) is 1. The molecule has 132 valence electrons. The van der Waals surface area contributed by atoms with Crippen LogP contribution in [-0.4, -0.2) is 28.2 Å². The molecule has 0 atom stereocenters. The molecule has 25 heavy (non-hydrogen) atoms. The highest BCUT2D eigenvalue weighted by atomic mass is 16.6. The lowest BCUT2D eigenvalue weighted by Crippen LogP contribution is -2.24. The van der Waals surface area contributed by atoms with Crippen molar-refractivity contribution in [3.63, 3.8) is 0 Å². The van der Waals surface area contributed by atoms with E-state index in [4.69, 9.17) is 4.74 Å². The van der Waals surface area contributed by atoms with E-state index in [1.807, 2.05) is 19.2 Å². The molecule has 0 bridgehead atoms. The van der Waals surface area contributed by atoms with Crippen LogP contribution >= 0.6 is 0 Å². The number of hydrogen-bond acceptors (Lipinski definition) is 5. The topological polar surface area (TPSA) is 98.8 Å². The molecule has 0 fully saturated rings. The van der Waals surface area contributed by atoms with E-state index in [0.717, 1.165) is 11.3 Å². The summed E-state index contributed by atoms with van der Waals surface area (Å²) in [5.41, 5.74) is 4.11. The molecule has 1 amide bonds. The highest BCUT2D eigenvalue weighted by Gasteiger charge is 2.14. The quantitative estimate of drug-likeness (QED) is 0.474. The van der Waals surface area contributed by atoms with Crippen LogP contribution in [0.3, 0.4) is 0 Å². The number of hydrogen-bond donors (Lipinski definition) is 1. The minimum atomic E-state index is -0.562. The second-order valence-electron chi connectivity index (χ2n) is 5.72. The Balaban J connectivity index is 1.89. The number of hydrazone groups is 1. The van der Waals surface area contributed by atoms with Crippen molar-refractivity contribution >= 4 is 17.8 Å². The third-order valence-electron chi connectivity index (χ3n) is 3.45. The summed E-state index contributed by atoms with van der Waals surface area (Å²) in [6, 6.07) is 8.17. The van der Waals surface area contributed by atoms with Gasteiger partial charge in [0, 0.05) is 29.6 Å². The van der Waals surface area contributed by atoms with E-state index in [-0.39, 0.29) is 18.0 Å². The second kappa shape index (κ2) is 8.09. The Kier molecular flexibility index (Phi) is 5.89. The van der Waals surface area contributed by atoms with E-state index in [9.17, 15) is 14.9 Å². The van der Waals surface area contributed by atoms with Crippen molar-refractivity contribution in [2.45, 2.75) is 26.8 Å². The molecule has 1 heterocycles. The maximum absolute atomic E-state index is 11.7. The first kappa shape index (κ1) is 18.2. The van der Waals surface area contributed by atoms with Crippen LogP contribution in [0.4, 0.5) is 5.69 Å². The number of nitrogens with zero attached hydrogens (tertiary/aromatic N) is 3. The van der Waals surface area contributed by atoms with Crippen molar-refractivity contribution in [2.24, 2.45) is 5.10 Å². The summed E-state index contributed by atoms with van der Waals surface area (Å²) in [6.07, 6.45) is 3.48. The fourth-order valence-corrected chi connectivity index (χ4v) is 2.33. The Bertz CT molecular complexity index is 796. The summed E-state index contributed by atoms with van der Waals surface area (Å²) < 4.78 is 7.28. The third-order valence-corrected chi connectivity index (χ3v) is 3.45. The molecule has 8 nitrogen and oxygen atoms in total. The van der Waals surface area contributed by atoms with Crippen LogP contribution in [0.2, 0.25) is 0 Å². The summed E-state index contributed by atoms with van der Waals surface area (Å²) in [6.45, 7) is 5.79. The number of amides is 1. The van der Waals surface area contributed by atoms with Crippen molar-refractivity contribution in [1.29, 1.82) is 0 Å². The van der Waals surface area contributed by atoms with E-state index in [2.05, 4.69) is 28.9 Å². The van der Waals surface area contributed by atoms with Crippen molar-refractivity contribution in [3.8, 4) is 5.75 Å². The normalized spacial score (nSPS) is 11.0. The summed E-state index contributed by atoms with van der Waals surface area (Å²) >= 11 is 0. The summed E-state index contributed by atoms with van der Waals surface area (Å²) in [4.78, 5) is 22.1. The van der Waals surface area contributed by atoms with E-state index < -0.39 is 10.8 Å². The van der Waals surface area contributed by atoms with E-state index in [1.54, 1.807) is 6.07 Å². The number of carbonyl (C=O) groups is 1. The van der Waals surface area contributed by atoms with Gasteiger partial charge in [0.2, 0.25) is 0 Å². The van der Waals surface area contributed by atoms with Gasteiger partial charge in [-0.2, -0.15) is 5.10 Å². The van der Waals surface area contributed by atoms with Gasteiger partial charge in [-0.3, -0.25) is 14.9 Å². The predicted octanol–water partition coefficient (Wildman–Crippen LogP) is 2.81. The molecule has 2 aromatic rings. The zero-order chi connectivity index (χ0) is 18.4. The zero-order valence-electron chi connectivity index (χ0n) is 14.3. The van der Waals surface area contributed by atoms with Gasteiger partial charge in [-0.05, 0) is 32.9 Å². The zero-order valence-corrected chi connectivity index (χ0v) is 14.3. The van der Waals surface area contributed by atoms with Gasteiger partial charge in [0.05, 0.1) is 11.1 Å². The number of nitrogens with one attached hydrogen (secondary N) is 1. The van der Waals surface area contributed by atoms with Crippen LogP contribution in [0.15, 0.2) is 41.6 Å². The van der Waals surface area contributed by atoms with Crippen LogP contribution in [0.1, 0.15) is 31.1 Å². The minimum Gasteiger partial charge on any atom is -0.477 e. The maximum Gasteiger partial charge on any atom is 0.310 e. The van der Waals surface area contributed by atoms with Crippen LogP contribution in [-0.2, 0) is 4.79 Å². The minimum absolute atomic E-state index is 0.0382. The number of carbonyl (C=O) groups excluding carboxylic acids is 1. The Labute approximate surface area is 145 Å². The molecule has 1 N–H and O–H groups in total. The molecule has 0 aliphatic carbocycles. The van der Waals surface area contributed by atoms with E-state index in [0.29, 0.717) is 6.04 Å². The highest BCUT2D eigenvalue weighted by Crippen LogP contribution is 2.25. The van der Waals surface area contributed by atoms with Gasteiger partial charge in [0.25, 0.3) is 5.91 Å². The lowest BCUT2D eigenvalue weighted by atomic mass is 10.3. The number of para-hydroxylation sites is 2. The molecule has 1 aromatic carbocycles. The van der Waals surface area contributed by atoms with Crippen LogP contribution in [0.25, 0.3) is 0 Å². The number of benzene rings is 1. The van der Waals surface area contributed by atoms with E-state index in [1.165, 1.54) is 24.4 Å². The third kappa shape index (κ3) is 4.90. The van der Waals surface area contributed by atoms with Gasteiger partial charge in [0.1, 0.15) is 0 Å². The van der Waals surface area contributed by atoms with Crippen molar-refractivity contribution in [1.82, 2.24) is 9.99 Å². The SMILES string of the molecule is Cc1cc(/C=N/NC(=O)COc2ccccc2[N+](=O)[O-])cn1C(C)C. The van der Waals surface area contributed by atoms with Crippen LogP contribution < -0.4 is 10.2 Å². The maximum atomic E-state index is 11.7. The fourth-order valence-electron chi connectivity index (χ4n) is 2.33. The first-order chi connectivity index (χ1) is 11.9. The van der Waals surface area contributed by atoms with Gasteiger partial charge >= 0.3 is 5.69 Å². The highest BCUT2D eigenvalue weighted by molar-refractivity contribution is 5.83. The van der Waals surface area contributed by atoms with Crippen molar-refractivity contribution < 1.29 is 14.5 Å². The molecule has 1 aromatic heterocycles. The lowest BCUT2D eigenvalue weighted by molar-refractivity contribution is -0.385. The molecule has 0 unspecified atom stereocenters. The van der Waals surface area contributed by atoms with Gasteiger partial charge in [-0.1, -0.05) is 12.1 Å². The molecule has 2 rings (SSSR count). The largest absolute Gasteiger partial charge is 0.477 e. The molecule has 0 aliphatic heterocycles. The lowest BCUT2D eigenvalue weighted by Gasteiger charge is -2.08. The van der Waals surface area contributed by atoms with Gasteiger partial charge in [-0.15, -0.1) is 0 Å². The summed E-state index contributed by atoms with van der Waals surface area (Å²) in [5.74, 6) is -0.467. The molecule has 0 spiro atoms. The molecular weight excluding hydrogens is 324 g/mol. The fraction of sp³-hybridized carbons (Fsp3) is 0.294. The van der Waals surface area contributed by atoms with Gasteiger partial charge < -0.3 is 9.30 Å². The standard InChI is InChI=1S/C17H20N4O4/c1-12(2)20-10-14(8-13(20)3)9-18-19-17(22)11-25-16-7-5-4-6-15(16)21(23)24/h4-10,12H,11H2,1-3H3,(H,19,22)/b18-9+. The van der Waals surface area contributed by atoms with Crippen LogP contribution in [0, 0.1) is 17.0 Å². The molecule has 0 radical (unpaired) electrons. The van der Waals surface area contributed by atoms with E-state index >= 15 is 0 Å². The molecule has 0 saturated carbocycles. The first-order valence-electron chi connectivity index (χ1n) is 7.75. The Morgan fingerprint density at radius 3 is 2.80 bits per heavy atom. The smallest absolute Gasteiger partial charge is 0.310 e. The molecule has 0 saturated heterocycles. The Hall–Kier alpha value is -3.16. The predicted molar refractivity (Wildman–Crippen MR) is 93.9 cm³/mol. The number of aryl methyl sites for hydroxylation is 1. The molecule has 0 aliphatic rings. The summed E-state index contributed by atoms with van der Waals surface area (Å²) in [5, 5.41) is 14.7. The number of rotatable bonds is 7. The average molecular weight is 344 g/mol. The average Bonchev–Trinajstić information content (AvgIpc) is 2.94. The van der Waals surface area contributed by atoms with Crippen LogP contribution in [0.5, 0.6) is 5.75 Å². The Morgan fingerprint density at radius 2 is 2.16 bits per heavy atom.